The van der Waals surface area contributed by atoms with Gasteiger partial charge in [-0.1, -0.05) is 36.6 Å². The highest BCUT2D eigenvalue weighted by atomic mass is 35.5. The number of hydrogen-bond donors (Lipinski definition) is 2. The van der Waals surface area contributed by atoms with Gasteiger partial charge in [-0.3, -0.25) is 9.59 Å². The summed E-state index contributed by atoms with van der Waals surface area (Å²) in [4.78, 5) is 27.4. The average Bonchev–Trinajstić information content (AvgIpc) is 3.30. The smallest absolute Gasteiger partial charge is 0.295 e. The van der Waals surface area contributed by atoms with Gasteiger partial charge in [-0.2, -0.15) is 0 Å². The Bertz CT molecular complexity index is 944. The van der Waals surface area contributed by atoms with Gasteiger partial charge < -0.3 is 15.1 Å². The molecule has 1 heterocycles. The molecule has 144 valence electrons. The summed E-state index contributed by atoms with van der Waals surface area (Å²) in [5, 5.41) is 21.1. The number of ketones is 1. The van der Waals surface area contributed by atoms with Crippen molar-refractivity contribution in [1.29, 1.82) is 0 Å². The van der Waals surface area contributed by atoms with Crippen molar-refractivity contribution in [3.63, 3.8) is 0 Å². The predicted molar refractivity (Wildman–Crippen MR) is 106 cm³/mol. The monoisotopic (exact) mass is 397 g/mol. The number of amides is 1. The lowest BCUT2D eigenvalue weighted by molar-refractivity contribution is -0.141. The van der Waals surface area contributed by atoms with Crippen LogP contribution in [-0.2, 0) is 9.59 Å². The molecule has 0 radical (unpaired) electrons. The second kappa shape index (κ2) is 7.32. The first kappa shape index (κ1) is 18.6. The lowest BCUT2D eigenvalue weighted by Gasteiger charge is -2.30. The van der Waals surface area contributed by atoms with Crippen LogP contribution in [0.15, 0.2) is 54.1 Å². The van der Waals surface area contributed by atoms with E-state index in [1.54, 1.807) is 41.3 Å². The summed E-state index contributed by atoms with van der Waals surface area (Å²) in [6.07, 6.45) is 3.69. The summed E-state index contributed by atoms with van der Waals surface area (Å²) >= 11 is 5.93. The van der Waals surface area contributed by atoms with Crippen molar-refractivity contribution in [3.8, 4) is 5.75 Å². The normalized spacial score (nSPS) is 22.2. The molecule has 1 atom stereocenters. The number of aliphatic hydroxyl groups is 1. The van der Waals surface area contributed by atoms with Crippen LogP contribution in [-0.4, -0.2) is 32.8 Å². The molecule has 2 aliphatic rings. The first-order valence-corrected chi connectivity index (χ1v) is 9.70. The Morgan fingerprint density at radius 2 is 1.57 bits per heavy atom. The highest BCUT2D eigenvalue weighted by molar-refractivity contribution is 6.46. The summed E-state index contributed by atoms with van der Waals surface area (Å²) in [6, 6.07) is 12.2. The Hall–Kier alpha value is -2.79. The van der Waals surface area contributed by atoms with Gasteiger partial charge in [0.05, 0.1) is 11.6 Å². The Kier molecular flexibility index (Phi) is 4.85. The van der Waals surface area contributed by atoms with Crippen LogP contribution in [0.4, 0.5) is 0 Å². The van der Waals surface area contributed by atoms with Crippen LogP contribution in [0.3, 0.4) is 0 Å². The molecule has 1 aliphatic carbocycles. The van der Waals surface area contributed by atoms with Crippen molar-refractivity contribution in [3.05, 3.63) is 70.3 Å². The molecule has 2 N–H and O–H groups in total. The van der Waals surface area contributed by atoms with Gasteiger partial charge in [0, 0.05) is 16.6 Å². The first-order chi connectivity index (χ1) is 13.5. The van der Waals surface area contributed by atoms with Crippen LogP contribution in [0, 0.1) is 0 Å². The fraction of sp³-hybridized carbons (Fsp3) is 0.273. The van der Waals surface area contributed by atoms with Gasteiger partial charge in [-0.15, -0.1) is 0 Å². The van der Waals surface area contributed by atoms with Crippen molar-refractivity contribution in [1.82, 2.24) is 4.90 Å². The minimum absolute atomic E-state index is 0.0363. The van der Waals surface area contributed by atoms with E-state index in [0.29, 0.717) is 16.1 Å². The number of aromatic hydroxyl groups is 1. The molecule has 6 heteroatoms. The third kappa shape index (κ3) is 3.16. The second-order valence-corrected chi connectivity index (χ2v) is 7.68. The number of rotatable bonds is 3. The van der Waals surface area contributed by atoms with E-state index in [1.807, 2.05) is 0 Å². The van der Waals surface area contributed by atoms with E-state index in [0.717, 1.165) is 25.7 Å². The number of benzene rings is 2. The summed E-state index contributed by atoms with van der Waals surface area (Å²) < 4.78 is 0. The first-order valence-electron chi connectivity index (χ1n) is 9.32. The molecule has 2 aromatic carbocycles. The molecule has 2 fully saturated rings. The lowest BCUT2D eigenvalue weighted by Crippen LogP contribution is -2.37. The topological polar surface area (TPSA) is 77.8 Å². The predicted octanol–water partition coefficient (Wildman–Crippen LogP) is 4.41. The average molecular weight is 398 g/mol. The molecule has 28 heavy (non-hydrogen) atoms. The van der Waals surface area contributed by atoms with Crippen LogP contribution in [0.25, 0.3) is 5.76 Å². The summed E-state index contributed by atoms with van der Waals surface area (Å²) in [7, 11) is 0. The van der Waals surface area contributed by atoms with Gasteiger partial charge in [-0.25, -0.2) is 0 Å². The Morgan fingerprint density at radius 3 is 2.18 bits per heavy atom. The quantitative estimate of drug-likeness (QED) is 0.457. The SMILES string of the molecule is O=C1C(=O)N(C2CCCC2)C(c2ccc(O)cc2)/C1=C(/O)c1ccc(Cl)cc1. The van der Waals surface area contributed by atoms with Crippen molar-refractivity contribution in [2.45, 2.75) is 37.8 Å². The standard InChI is InChI=1S/C22H20ClNO4/c23-15-9-5-14(6-10-15)20(26)18-19(13-7-11-17(25)12-8-13)24(22(28)21(18)27)16-3-1-2-4-16/h5-12,16,19,25-26H,1-4H2/b20-18-. The number of halogens is 1. The third-order valence-corrected chi connectivity index (χ3v) is 5.78. The molecule has 0 bridgehead atoms. The minimum Gasteiger partial charge on any atom is -0.508 e. The Labute approximate surface area is 167 Å². The van der Waals surface area contributed by atoms with Gasteiger partial charge >= 0.3 is 0 Å². The van der Waals surface area contributed by atoms with E-state index < -0.39 is 17.7 Å². The van der Waals surface area contributed by atoms with E-state index in [4.69, 9.17) is 11.6 Å². The zero-order valence-corrected chi connectivity index (χ0v) is 15.9. The zero-order valence-electron chi connectivity index (χ0n) is 15.1. The maximum atomic E-state index is 12.9. The summed E-state index contributed by atoms with van der Waals surface area (Å²) in [6.45, 7) is 0. The molecule has 0 spiro atoms. The molecule has 5 nitrogen and oxygen atoms in total. The third-order valence-electron chi connectivity index (χ3n) is 5.52. The molecule has 2 aromatic rings. The largest absolute Gasteiger partial charge is 0.508 e. The summed E-state index contributed by atoms with van der Waals surface area (Å²) in [5.74, 6) is -1.38. The Balaban J connectivity index is 1.87. The molecule has 1 amide bonds. The summed E-state index contributed by atoms with van der Waals surface area (Å²) in [5.41, 5.74) is 1.18. The maximum absolute atomic E-state index is 12.9. The van der Waals surface area contributed by atoms with Crippen molar-refractivity contribution < 1.29 is 19.8 Å². The van der Waals surface area contributed by atoms with Crippen LogP contribution in [0.2, 0.25) is 5.02 Å². The molecular weight excluding hydrogens is 378 g/mol. The minimum atomic E-state index is -0.683. The van der Waals surface area contributed by atoms with E-state index in [9.17, 15) is 19.8 Å². The number of phenolic OH excluding ortho intramolecular Hbond substituents is 1. The highest BCUT2D eigenvalue weighted by Gasteiger charge is 2.49. The molecule has 0 aromatic heterocycles. The molecule has 4 rings (SSSR count). The van der Waals surface area contributed by atoms with Crippen LogP contribution >= 0.6 is 11.6 Å². The fourth-order valence-electron chi connectivity index (χ4n) is 4.16. The van der Waals surface area contributed by atoms with Gasteiger partial charge in [0.25, 0.3) is 11.7 Å². The number of Topliss-reactive ketones (excluding diaryl/α,β-unsaturated/α-hetero) is 1. The van der Waals surface area contributed by atoms with Crippen LogP contribution < -0.4 is 0 Å². The van der Waals surface area contributed by atoms with Crippen molar-refractivity contribution in [2.75, 3.05) is 0 Å². The van der Waals surface area contributed by atoms with Crippen molar-refractivity contribution >= 4 is 29.1 Å². The molecule has 1 saturated heterocycles. The van der Waals surface area contributed by atoms with E-state index >= 15 is 0 Å². The number of phenols is 1. The van der Waals surface area contributed by atoms with Gasteiger partial charge in [0.1, 0.15) is 11.5 Å². The maximum Gasteiger partial charge on any atom is 0.295 e. The number of nitrogens with zero attached hydrogens (tertiary/aromatic N) is 1. The molecular formula is C22H20ClNO4. The number of carbonyl (C=O) groups excluding carboxylic acids is 2. The lowest BCUT2D eigenvalue weighted by atomic mass is 9.94. The molecule has 1 saturated carbocycles. The molecule has 1 unspecified atom stereocenters. The van der Waals surface area contributed by atoms with Crippen LogP contribution in [0.1, 0.15) is 42.9 Å². The van der Waals surface area contributed by atoms with Gasteiger partial charge in [0.15, 0.2) is 0 Å². The van der Waals surface area contributed by atoms with E-state index in [2.05, 4.69) is 0 Å². The van der Waals surface area contributed by atoms with Gasteiger partial charge in [-0.05, 0) is 54.8 Å². The second-order valence-electron chi connectivity index (χ2n) is 7.24. The highest BCUT2D eigenvalue weighted by Crippen LogP contribution is 2.43. The van der Waals surface area contributed by atoms with E-state index in [-0.39, 0.29) is 23.1 Å². The zero-order chi connectivity index (χ0) is 19.8. The number of likely N-dealkylation sites (tertiary alicyclic amines) is 1. The molecule has 1 aliphatic heterocycles. The van der Waals surface area contributed by atoms with E-state index in [1.165, 1.54) is 12.1 Å². The fourth-order valence-corrected chi connectivity index (χ4v) is 4.28. The van der Waals surface area contributed by atoms with Gasteiger partial charge in [0.2, 0.25) is 0 Å². The number of carbonyl (C=O) groups is 2. The Morgan fingerprint density at radius 1 is 0.964 bits per heavy atom. The van der Waals surface area contributed by atoms with Crippen LogP contribution in [0.5, 0.6) is 5.75 Å². The number of hydrogen-bond acceptors (Lipinski definition) is 4. The number of aliphatic hydroxyl groups excluding tert-OH is 1. The van der Waals surface area contributed by atoms with Crippen molar-refractivity contribution in [2.24, 2.45) is 0 Å².